The molecule has 1 fully saturated rings. The molecule has 7 nitrogen and oxygen atoms in total. The van der Waals surface area contributed by atoms with Crippen molar-refractivity contribution >= 4 is 22.6 Å². The standard InChI is InChI=1S/C24H26N4O3/c1-3-23(29)28-11-9-18(10-12-28)31-22-13-19-20(14-21(22)30-2)26-16-27-24(19)25-15-17-7-5-4-6-8-17/h3-8,13-14,16,18H,1,9-12,15H2,2H3,(H,25,26,27). The van der Waals surface area contributed by atoms with E-state index in [1.807, 2.05) is 30.3 Å². The monoisotopic (exact) mass is 418 g/mol. The number of fused-ring (bicyclic) bond motifs is 1. The number of carbonyl (C=O) groups is 1. The van der Waals surface area contributed by atoms with Crippen molar-refractivity contribution < 1.29 is 14.3 Å². The summed E-state index contributed by atoms with van der Waals surface area (Å²) in [6.07, 6.45) is 4.42. The third kappa shape index (κ3) is 4.77. The number of anilines is 1. The number of ether oxygens (including phenoxy) is 2. The Balaban J connectivity index is 1.54. The Morgan fingerprint density at radius 3 is 2.68 bits per heavy atom. The maximum absolute atomic E-state index is 11.8. The first-order chi connectivity index (χ1) is 15.2. The van der Waals surface area contributed by atoms with Crippen molar-refractivity contribution in [1.29, 1.82) is 0 Å². The zero-order valence-corrected chi connectivity index (χ0v) is 17.6. The van der Waals surface area contributed by atoms with Crippen LogP contribution in [-0.2, 0) is 11.3 Å². The van der Waals surface area contributed by atoms with Crippen molar-refractivity contribution in [1.82, 2.24) is 14.9 Å². The number of methoxy groups -OCH3 is 1. The fourth-order valence-electron chi connectivity index (χ4n) is 3.74. The fourth-order valence-corrected chi connectivity index (χ4v) is 3.74. The smallest absolute Gasteiger partial charge is 0.245 e. The van der Waals surface area contributed by atoms with Gasteiger partial charge in [-0.05, 0) is 17.7 Å². The molecule has 0 bridgehead atoms. The predicted octanol–water partition coefficient (Wildman–Crippen LogP) is 3.81. The van der Waals surface area contributed by atoms with Crippen LogP contribution in [0.1, 0.15) is 18.4 Å². The minimum absolute atomic E-state index is 0.00516. The molecule has 160 valence electrons. The van der Waals surface area contributed by atoms with Crippen LogP contribution >= 0.6 is 0 Å². The van der Waals surface area contributed by atoms with Crippen molar-refractivity contribution in [2.45, 2.75) is 25.5 Å². The van der Waals surface area contributed by atoms with Crippen LogP contribution in [0.25, 0.3) is 10.9 Å². The summed E-state index contributed by atoms with van der Waals surface area (Å²) in [5.41, 5.74) is 1.95. The van der Waals surface area contributed by atoms with Crippen LogP contribution < -0.4 is 14.8 Å². The quantitative estimate of drug-likeness (QED) is 0.588. The number of hydrogen-bond acceptors (Lipinski definition) is 6. The first-order valence-electron chi connectivity index (χ1n) is 10.4. The number of piperidine rings is 1. The highest BCUT2D eigenvalue weighted by Gasteiger charge is 2.24. The Hall–Kier alpha value is -3.61. The molecule has 0 radical (unpaired) electrons. The number of rotatable bonds is 7. The van der Waals surface area contributed by atoms with E-state index in [2.05, 4.69) is 34.0 Å². The summed E-state index contributed by atoms with van der Waals surface area (Å²) >= 11 is 0. The van der Waals surface area contributed by atoms with Gasteiger partial charge in [0.05, 0.1) is 12.6 Å². The molecule has 3 aromatic rings. The predicted molar refractivity (Wildman–Crippen MR) is 120 cm³/mol. The van der Waals surface area contributed by atoms with Gasteiger partial charge in [-0.1, -0.05) is 36.9 Å². The molecular formula is C24H26N4O3. The molecule has 0 saturated carbocycles. The average molecular weight is 418 g/mol. The zero-order valence-electron chi connectivity index (χ0n) is 17.6. The molecule has 1 aliphatic rings. The van der Waals surface area contributed by atoms with Gasteiger partial charge in [-0.25, -0.2) is 9.97 Å². The number of likely N-dealkylation sites (tertiary alicyclic amines) is 1. The fraction of sp³-hybridized carbons (Fsp3) is 0.292. The molecule has 4 rings (SSSR count). The van der Waals surface area contributed by atoms with E-state index in [1.54, 1.807) is 18.3 Å². The molecule has 31 heavy (non-hydrogen) atoms. The second-order valence-corrected chi connectivity index (χ2v) is 7.43. The van der Waals surface area contributed by atoms with Crippen LogP contribution in [0.5, 0.6) is 11.5 Å². The summed E-state index contributed by atoms with van der Waals surface area (Å²) in [5, 5.41) is 4.26. The van der Waals surface area contributed by atoms with E-state index >= 15 is 0 Å². The highest BCUT2D eigenvalue weighted by Crippen LogP contribution is 2.35. The van der Waals surface area contributed by atoms with Crippen LogP contribution in [0.15, 0.2) is 61.4 Å². The zero-order chi connectivity index (χ0) is 21.6. The van der Waals surface area contributed by atoms with E-state index in [1.165, 1.54) is 11.6 Å². The number of amides is 1. The number of carbonyl (C=O) groups excluding carboxylic acids is 1. The first-order valence-corrected chi connectivity index (χ1v) is 10.4. The van der Waals surface area contributed by atoms with Gasteiger partial charge in [0.1, 0.15) is 18.2 Å². The maximum Gasteiger partial charge on any atom is 0.245 e. The first kappa shape index (κ1) is 20.7. The average Bonchev–Trinajstić information content (AvgIpc) is 2.83. The lowest BCUT2D eigenvalue weighted by Gasteiger charge is -2.31. The number of hydrogen-bond donors (Lipinski definition) is 1. The van der Waals surface area contributed by atoms with Crippen LogP contribution in [0.2, 0.25) is 0 Å². The summed E-state index contributed by atoms with van der Waals surface area (Å²) in [5.74, 6) is 1.99. The highest BCUT2D eigenvalue weighted by molar-refractivity contribution is 5.91. The van der Waals surface area contributed by atoms with E-state index in [-0.39, 0.29) is 12.0 Å². The SMILES string of the molecule is C=CC(=O)N1CCC(Oc2cc3c(NCc4ccccc4)ncnc3cc2OC)CC1. The van der Waals surface area contributed by atoms with Gasteiger partial charge >= 0.3 is 0 Å². The summed E-state index contributed by atoms with van der Waals surface area (Å²) in [6, 6.07) is 14.0. The van der Waals surface area contributed by atoms with E-state index in [0.717, 1.165) is 29.6 Å². The molecular weight excluding hydrogens is 392 g/mol. The molecule has 0 unspecified atom stereocenters. The Bertz CT molecular complexity index is 1060. The van der Waals surface area contributed by atoms with Gasteiger partial charge in [0.25, 0.3) is 0 Å². The van der Waals surface area contributed by atoms with Crippen molar-refractivity contribution in [3.63, 3.8) is 0 Å². The molecule has 7 heteroatoms. The molecule has 2 aromatic carbocycles. The lowest BCUT2D eigenvalue weighted by Crippen LogP contribution is -2.41. The maximum atomic E-state index is 11.8. The molecule has 0 aliphatic carbocycles. The second kappa shape index (κ2) is 9.47. The largest absolute Gasteiger partial charge is 0.493 e. The van der Waals surface area contributed by atoms with Crippen molar-refractivity contribution in [2.75, 3.05) is 25.5 Å². The third-order valence-corrected chi connectivity index (χ3v) is 5.45. The third-order valence-electron chi connectivity index (χ3n) is 5.45. The van der Waals surface area contributed by atoms with E-state index in [9.17, 15) is 4.79 Å². The van der Waals surface area contributed by atoms with E-state index < -0.39 is 0 Å². The topological polar surface area (TPSA) is 76.6 Å². The van der Waals surface area contributed by atoms with Gasteiger partial charge in [0.2, 0.25) is 5.91 Å². The molecule has 0 spiro atoms. The summed E-state index contributed by atoms with van der Waals surface area (Å²) in [4.78, 5) is 22.4. The van der Waals surface area contributed by atoms with Gasteiger partial charge in [0, 0.05) is 43.9 Å². The van der Waals surface area contributed by atoms with Gasteiger partial charge in [0.15, 0.2) is 11.5 Å². The summed E-state index contributed by atoms with van der Waals surface area (Å²) in [6.45, 7) is 5.52. The van der Waals surface area contributed by atoms with Gasteiger partial charge in [-0.15, -0.1) is 0 Å². The van der Waals surface area contributed by atoms with Crippen LogP contribution in [0.3, 0.4) is 0 Å². The van der Waals surface area contributed by atoms with Crippen LogP contribution in [-0.4, -0.2) is 47.1 Å². The number of benzene rings is 2. The molecule has 1 N–H and O–H groups in total. The van der Waals surface area contributed by atoms with Crippen LogP contribution in [0, 0.1) is 0 Å². The normalized spacial score (nSPS) is 14.3. The molecule has 1 aliphatic heterocycles. The Morgan fingerprint density at radius 1 is 1.19 bits per heavy atom. The molecule has 1 aromatic heterocycles. The number of nitrogens with zero attached hydrogens (tertiary/aromatic N) is 3. The van der Waals surface area contributed by atoms with Crippen LogP contribution in [0.4, 0.5) is 5.82 Å². The Morgan fingerprint density at radius 2 is 1.97 bits per heavy atom. The Labute approximate surface area is 181 Å². The minimum Gasteiger partial charge on any atom is -0.493 e. The lowest BCUT2D eigenvalue weighted by atomic mass is 10.1. The molecule has 1 amide bonds. The van der Waals surface area contributed by atoms with Gasteiger partial charge in [-0.2, -0.15) is 0 Å². The second-order valence-electron chi connectivity index (χ2n) is 7.43. The highest BCUT2D eigenvalue weighted by atomic mass is 16.5. The molecule has 2 heterocycles. The minimum atomic E-state index is -0.0342. The van der Waals surface area contributed by atoms with Crippen molar-refractivity contribution in [3.05, 3.63) is 67.0 Å². The van der Waals surface area contributed by atoms with Gasteiger partial charge in [-0.3, -0.25) is 4.79 Å². The molecule has 1 saturated heterocycles. The summed E-state index contributed by atoms with van der Waals surface area (Å²) in [7, 11) is 1.62. The summed E-state index contributed by atoms with van der Waals surface area (Å²) < 4.78 is 11.9. The lowest BCUT2D eigenvalue weighted by molar-refractivity contribution is -0.127. The van der Waals surface area contributed by atoms with E-state index in [0.29, 0.717) is 31.1 Å². The van der Waals surface area contributed by atoms with E-state index in [4.69, 9.17) is 9.47 Å². The van der Waals surface area contributed by atoms with Crippen molar-refractivity contribution in [3.8, 4) is 11.5 Å². The Kier molecular flexibility index (Phi) is 6.31. The van der Waals surface area contributed by atoms with Crippen molar-refractivity contribution in [2.24, 2.45) is 0 Å². The molecule has 0 atom stereocenters. The number of aromatic nitrogens is 2. The van der Waals surface area contributed by atoms with Gasteiger partial charge < -0.3 is 19.7 Å². The number of nitrogens with one attached hydrogen (secondary N) is 1.